The second-order valence-electron chi connectivity index (χ2n) is 7.11. The Kier molecular flexibility index (Phi) is 4.35. The number of hydrogen-bond acceptors (Lipinski definition) is 3. The minimum absolute atomic E-state index is 0.0671. The van der Waals surface area contributed by atoms with Crippen LogP contribution in [0.15, 0.2) is 77.7 Å². The highest BCUT2D eigenvalue weighted by Gasteiger charge is 2.33. The molecule has 0 atom stereocenters. The Morgan fingerprint density at radius 1 is 0.935 bits per heavy atom. The molecule has 0 aliphatic heterocycles. The molecule has 3 aromatic heterocycles. The second-order valence-corrected chi connectivity index (χ2v) is 7.11. The summed E-state index contributed by atoms with van der Waals surface area (Å²) in [6.07, 6.45) is -3.02. The van der Waals surface area contributed by atoms with Gasteiger partial charge in [0.25, 0.3) is 5.56 Å². The SMILES string of the molecule is O=c1c2c(Cc3ccccc3C(F)(F)F)[nH]nc2c2cccnc2n1-c1ccccc1. The number of halogens is 3. The quantitative estimate of drug-likeness (QED) is 0.453. The first-order chi connectivity index (χ1) is 14.9. The standard InChI is InChI=1S/C23H15F3N4O/c24-23(25,26)17-11-5-4-7-14(17)13-18-19-20(29-28-18)16-10-6-12-27-21(16)30(22(19)31)15-8-2-1-3-9-15/h1-12H,13H2,(H,28,29). The van der Waals surface area contributed by atoms with Gasteiger partial charge in [-0.05, 0) is 35.9 Å². The van der Waals surface area contributed by atoms with E-state index < -0.39 is 11.7 Å². The first-order valence-corrected chi connectivity index (χ1v) is 9.52. The van der Waals surface area contributed by atoms with Crippen LogP contribution in [0.2, 0.25) is 0 Å². The highest BCUT2D eigenvalue weighted by molar-refractivity contribution is 6.03. The van der Waals surface area contributed by atoms with Crippen molar-refractivity contribution < 1.29 is 13.2 Å². The number of rotatable bonds is 3. The summed E-state index contributed by atoms with van der Waals surface area (Å²) in [6.45, 7) is 0. The van der Waals surface area contributed by atoms with Crippen molar-refractivity contribution >= 4 is 21.9 Å². The van der Waals surface area contributed by atoms with Crippen LogP contribution in [-0.2, 0) is 12.6 Å². The number of fused-ring (bicyclic) bond motifs is 3. The van der Waals surface area contributed by atoms with Crippen LogP contribution in [-0.4, -0.2) is 19.7 Å². The summed E-state index contributed by atoms with van der Waals surface area (Å²) in [4.78, 5) is 17.9. The minimum atomic E-state index is -4.49. The van der Waals surface area contributed by atoms with Gasteiger partial charge < -0.3 is 0 Å². The summed E-state index contributed by atoms with van der Waals surface area (Å²) >= 11 is 0. The van der Waals surface area contributed by atoms with E-state index in [4.69, 9.17) is 0 Å². The summed E-state index contributed by atoms with van der Waals surface area (Å²) in [6, 6.07) is 17.9. The van der Waals surface area contributed by atoms with Crippen molar-refractivity contribution in [2.75, 3.05) is 0 Å². The zero-order valence-corrected chi connectivity index (χ0v) is 16.0. The van der Waals surface area contributed by atoms with Crippen LogP contribution >= 0.6 is 0 Å². The fraction of sp³-hybridized carbons (Fsp3) is 0.0870. The second kappa shape index (κ2) is 7.09. The number of aromatic nitrogens is 4. The highest BCUT2D eigenvalue weighted by atomic mass is 19.4. The van der Waals surface area contributed by atoms with Gasteiger partial charge >= 0.3 is 6.18 Å². The summed E-state index contributed by atoms with van der Waals surface area (Å²) in [5, 5.41) is 7.95. The van der Waals surface area contributed by atoms with Crippen molar-refractivity contribution in [3.8, 4) is 5.69 Å². The number of benzene rings is 2. The minimum Gasteiger partial charge on any atom is -0.281 e. The topological polar surface area (TPSA) is 63.6 Å². The van der Waals surface area contributed by atoms with Gasteiger partial charge in [-0.15, -0.1) is 0 Å². The van der Waals surface area contributed by atoms with E-state index in [9.17, 15) is 18.0 Å². The molecule has 1 N–H and O–H groups in total. The molecule has 0 bridgehead atoms. The Morgan fingerprint density at radius 2 is 1.68 bits per heavy atom. The molecule has 0 radical (unpaired) electrons. The third kappa shape index (κ3) is 3.16. The predicted molar refractivity (Wildman–Crippen MR) is 111 cm³/mol. The fourth-order valence-corrected chi connectivity index (χ4v) is 3.86. The molecule has 0 aliphatic rings. The molecule has 2 aromatic carbocycles. The van der Waals surface area contributed by atoms with Crippen LogP contribution in [0.25, 0.3) is 27.6 Å². The largest absolute Gasteiger partial charge is 0.416 e. The first-order valence-electron chi connectivity index (χ1n) is 9.52. The number of nitrogens with one attached hydrogen (secondary N) is 1. The van der Waals surface area contributed by atoms with Crippen molar-refractivity contribution in [1.29, 1.82) is 0 Å². The van der Waals surface area contributed by atoms with E-state index in [1.54, 1.807) is 48.7 Å². The molecule has 31 heavy (non-hydrogen) atoms. The van der Waals surface area contributed by atoms with Crippen LogP contribution < -0.4 is 5.56 Å². The molecule has 3 heterocycles. The fourth-order valence-electron chi connectivity index (χ4n) is 3.86. The number of alkyl halides is 3. The lowest BCUT2D eigenvalue weighted by atomic mass is 10.0. The van der Waals surface area contributed by atoms with Crippen molar-refractivity contribution in [1.82, 2.24) is 19.7 Å². The Hall–Kier alpha value is -3.94. The monoisotopic (exact) mass is 420 g/mol. The summed E-state index contributed by atoms with van der Waals surface area (Å²) in [7, 11) is 0. The molecular weight excluding hydrogens is 405 g/mol. The molecule has 5 rings (SSSR count). The number of aromatic amines is 1. The number of H-pyrrole nitrogens is 1. The molecule has 0 fully saturated rings. The Morgan fingerprint density at radius 3 is 2.45 bits per heavy atom. The van der Waals surface area contributed by atoms with Crippen molar-refractivity contribution in [3.05, 3.63) is 100 Å². The van der Waals surface area contributed by atoms with E-state index in [0.29, 0.717) is 27.9 Å². The zero-order chi connectivity index (χ0) is 21.6. The smallest absolute Gasteiger partial charge is 0.281 e. The van der Waals surface area contributed by atoms with E-state index in [0.717, 1.165) is 6.07 Å². The molecule has 8 heteroatoms. The van der Waals surface area contributed by atoms with E-state index in [1.165, 1.54) is 16.7 Å². The van der Waals surface area contributed by atoms with Crippen molar-refractivity contribution in [3.63, 3.8) is 0 Å². The number of para-hydroxylation sites is 1. The normalized spacial score (nSPS) is 12.0. The molecular formula is C23H15F3N4O. The molecule has 5 aromatic rings. The van der Waals surface area contributed by atoms with Gasteiger partial charge in [0.2, 0.25) is 0 Å². The lowest BCUT2D eigenvalue weighted by molar-refractivity contribution is -0.138. The van der Waals surface area contributed by atoms with Gasteiger partial charge in [-0.25, -0.2) is 4.98 Å². The van der Waals surface area contributed by atoms with Crippen molar-refractivity contribution in [2.45, 2.75) is 12.6 Å². The van der Waals surface area contributed by atoms with E-state index in [1.807, 2.05) is 6.07 Å². The molecule has 0 saturated heterocycles. The van der Waals surface area contributed by atoms with Gasteiger partial charge in [-0.2, -0.15) is 18.3 Å². The Bertz CT molecular complexity index is 1470. The third-order valence-electron chi connectivity index (χ3n) is 5.22. The van der Waals surface area contributed by atoms with Gasteiger partial charge in [0, 0.05) is 18.0 Å². The average molecular weight is 420 g/mol. The van der Waals surface area contributed by atoms with Crippen LogP contribution in [0, 0.1) is 0 Å². The molecule has 0 amide bonds. The molecule has 5 nitrogen and oxygen atoms in total. The lowest BCUT2D eigenvalue weighted by Gasteiger charge is -2.13. The van der Waals surface area contributed by atoms with Crippen LogP contribution in [0.3, 0.4) is 0 Å². The van der Waals surface area contributed by atoms with Gasteiger partial charge in [-0.1, -0.05) is 36.4 Å². The third-order valence-corrected chi connectivity index (χ3v) is 5.22. The molecule has 0 spiro atoms. The molecule has 0 saturated carbocycles. The summed E-state index contributed by atoms with van der Waals surface area (Å²) < 4.78 is 41.9. The van der Waals surface area contributed by atoms with Crippen LogP contribution in [0.1, 0.15) is 16.8 Å². The maximum atomic E-state index is 13.5. The van der Waals surface area contributed by atoms with Crippen LogP contribution in [0.5, 0.6) is 0 Å². The van der Waals surface area contributed by atoms with Gasteiger partial charge in [0.15, 0.2) is 0 Å². The van der Waals surface area contributed by atoms with Crippen LogP contribution in [0.4, 0.5) is 13.2 Å². The lowest BCUT2D eigenvalue weighted by Crippen LogP contribution is -2.20. The van der Waals surface area contributed by atoms with Gasteiger partial charge in [0.05, 0.1) is 22.3 Å². The molecule has 0 aliphatic carbocycles. The average Bonchev–Trinajstić information content (AvgIpc) is 3.19. The Labute approximate surface area is 173 Å². The number of hydrogen-bond donors (Lipinski definition) is 1. The number of pyridine rings is 2. The van der Waals surface area contributed by atoms with Gasteiger partial charge in [0.1, 0.15) is 11.2 Å². The zero-order valence-electron chi connectivity index (χ0n) is 16.0. The van der Waals surface area contributed by atoms with E-state index in [-0.39, 0.29) is 22.9 Å². The Balaban J connectivity index is 1.79. The maximum absolute atomic E-state index is 13.5. The highest BCUT2D eigenvalue weighted by Crippen LogP contribution is 2.33. The molecule has 0 unspecified atom stereocenters. The predicted octanol–water partition coefficient (Wildman–Crippen LogP) is 4.87. The maximum Gasteiger partial charge on any atom is 0.416 e. The van der Waals surface area contributed by atoms with E-state index >= 15 is 0 Å². The van der Waals surface area contributed by atoms with Gasteiger partial charge in [-0.3, -0.25) is 14.5 Å². The number of nitrogens with zero attached hydrogens (tertiary/aromatic N) is 3. The summed E-state index contributed by atoms with van der Waals surface area (Å²) in [5.74, 6) is 0. The van der Waals surface area contributed by atoms with Crippen molar-refractivity contribution in [2.24, 2.45) is 0 Å². The molecule has 154 valence electrons. The summed E-state index contributed by atoms with van der Waals surface area (Å²) in [5.41, 5.74) is 0.703. The van der Waals surface area contributed by atoms with E-state index in [2.05, 4.69) is 15.2 Å². The first kappa shape index (κ1) is 19.0.